The molecule has 2 aromatic rings. The molecule has 12 heteroatoms. The topological polar surface area (TPSA) is 120 Å². The highest BCUT2D eigenvalue weighted by molar-refractivity contribution is 7.91. The van der Waals surface area contributed by atoms with Crippen molar-refractivity contribution in [1.82, 2.24) is 20.7 Å². The second kappa shape index (κ2) is 12.8. The summed E-state index contributed by atoms with van der Waals surface area (Å²) >= 11 is 0. The number of nitrogens with one attached hydrogen (secondary N) is 2. The summed E-state index contributed by atoms with van der Waals surface area (Å²) in [7, 11) is -3.02. The number of hydrazine groups is 1. The van der Waals surface area contributed by atoms with E-state index in [-0.39, 0.29) is 15.5 Å². The highest BCUT2D eigenvalue weighted by Gasteiger charge is 2.23. The van der Waals surface area contributed by atoms with E-state index < -0.39 is 19.7 Å². The average molecular weight is 586 g/mol. The first-order valence-corrected chi connectivity index (χ1v) is 16.4. The Morgan fingerprint density at radius 2 is 1.68 bits per heavy atom. The van der Waals surface area contributed by atoms with Crippen LogP contribution in [0, 0.1) is 0 Å². The summed E-state index contributed by atoms with van der Waals surface area (Å²) in [6.07, 6.45) is 8.58. The van der Waals surface area contributed by atoms with Gasteiger partial charge >= 0.3 is 0 Å². The van der Waals surface area contributed by atoms with Gasteiger partial charge in [0.05, 0.1) is 28.4 Å². The molecule has 40 heavy (non-hydrogen) atoms. The number of benzene rings is 2. The van der Waals surface area contributed by atoms with Crippen LogP contribution in [0.25, 0.3) is 0 Å². The lowest BCUT2D eigenvalue weighted by atomic mass is 10.1. The van der Waals surface area contributed by atoms with E-state index >= 15 is 0 Å². The molecule has 2 heterocycles. The molecule has 0 radical (unpaired) electrons. The van der Waals surface area contributed by atoms with Gasteiger partial charge in [-0.3, -0.25) is 5.01 Å². The van der Waals surface area contributed by atoms with E-state index in [0.717, 1.165) is 36.2 Å². The molecule has 10 nitrogen and oxygen atoms in total. The minimum absolute atomic E-state index is 0.163. The number of amidine groups is 1. The molecule has 0 amide bonds. The molecule has 2 N–H and O–H groups in total. The summed E-state index contributed by atoms with van der Waals surface area (Å²) < 4.78 is 54.1. The van der Waals surface area contributed by atoms with Gasteiger partial charge in [-0.2, -0.15) is 0 Å². The van der Waals surface area contributed by atoms with Crippen LogP contribution in [-0.4, -0.2) is 78.4 Å². The number of ether oxygens (including phenoxy) is 1. The number of hydrogen-bond acceptors (Lipinski definition) is 10. The Morgan fingerprint density at radius 1 is 0.975 bits per heavy atom. The van der Waals surface area contributed by atoms with Crippen molar-refractivity contribution in [2.24, 2.45) is 4.99 Å². The SMILES string of the molecule is COC1=CC2=CN=C(c3ccc(S(=O)(=O)c4ccccc4)cc3)NC2=CN1NCCCCN(C)CCS(C)(=O)=O. The van der Waals surface area contributed by atoms with Crippen LogP contribution in [0.15, 0.2) is 105 Å². The fourth-order valence-electron chi connectivity index (χ4n) is 4.15. The molecule has 0 aliphatic carbocycles. The van der Waals surface area contributed by atoms with Gasteiger partial charge in [-0.1, -0.05) is 18.2 Å². The van der Waals surface area contributed by atoms with Crippen LogP contribution in [0.1, 0.15) is 18.4 Å². The van der Waals surface area contributed by atoms with Crippen molar-refractivity contribution in [2.75, 3.05) is 45.8 Å². The largest absolute Gasteiger partial charge is 0.481 e. The first kappa shape index (κ1) is 29.5. The molecule has 2 aliphatic rings. The summed E-state index contributed by atoms with van der Waals surface area (Å²) in [4.78, 5) is 7.03. The number of unbranched alkanes of at least 4 members (excludes halogenated alkanes) is 1. The predicted octanol–water partition coefficient (Wildman–Crippen LogP) is 2.66. The summed E-state index contributed by atoms with van der Waals surface area (Å²) in [5, 5.41) is 5.15. The highest BCUT2D eigenvalue weighted by Crippen LogP contribution is 2.25. The molecular weight excluding hydrogens is 550 g/mol. The van der Waals surface area contributed by atoms with Crippen molar-refractivity contribution in [1.29, 1.82) is 0 Å². The smallest absolute Gasteiger partial charge is 0.208 e. The molecule has 0 saturated carbocycles. The Labute approximate surface area is 236 Å². The number of aliphatic imine (C=N–C) groups is 1. The van der Waals surface area contributed by atoms with Gasteiger partial charge in [0.2, 0.25) is 15.7 Å². The third kappa shape index (κ3) is 7.60. The molecule has 4 rings (SSSR count). The maximum atomic E-state index is 12.9. The monoisotopic (exact) mass is 585 g/mol. The van der Waals surface area contributed by atoms with Crippen molar-refractivity contribution in [3.05, 3.63) is 95.8 Å². The van der Waals surface area contributed by atoms with Gasteiger partial charge in [0.25, 0.3) is 0 Å². The minimum atomic E-state index is -3.60. The van der Waals surface area contributed by atoms with E-state index in [1.807, 2.05) is 29.2 Å². The highest BCUT2D eigenvalue weighted by atomic mass is 32.2. The fourth-order valence-corrected chi connectivity index (χ4v) is 6.07. The maximum absolute atomic E-state index is 12.9. The van der Waals surface area contributed by atoms with Crippen LogP contribution in [0.2, 0.25) is 0 Å². The Bertz CT molecular complexity index is 1530. The average Bonchev–Trinajstić information content (AvgIpc) is 2.95. The van der Waals surface area contributed by atoms with E-state index in [1.54, 1.807) is 67.9 Å². The summed E-state index contributed by atoms with van der Waals surface area (Å²) in [5.41, 5.74) is 5.78. The zero-order valence-electron chi connectivity index (χ0n) is 22.9. The quantitative estimate of drug-likeness (QED) is 0.342. The van der Waals surface area contributed by atoms with Crippen LogP contribution < -0.4 is 10.7 Å². The van der Waals surface area contributed by atoms with Gasteiger partial charge in [0.15, 0.2) is 0 Å². The molecule has 0 bridgehead atoms. The zero-order valence-corrected chi connectivity index (χ0v) is 24.5. The van der Waals surface area contributed by atoms with Crippen molar-refractivity contribution in [3.63, 3.8) is 0 Å². The zero-order chi connectivity index (χ0) is 28.8. The summed E-state index contributed by atoms with van der Waals surface area (Å²) in [6, 6.07) is 15.0. The Morgan fingerprint density at radius 3 is 2.35 bits per heavy atom. The first-order chi connectivity index (χ1) is 19.1. The molecule has 2 aliphatic heterocycles. The van der Waals surface area contributed by atoms with Crippen molar-refractivity contribution in [3.8, 4) is 0 Å². The molecule has 0 unspecified atom stereocenters. The predicted molar refractivity (Wildman–Crippen MR) is 156 cm³/mol. The fraction of sp³-hybridized carbons (Fsp3) is 0.321. The molecule has 0 fully saturated rings. The summed E-state index contributed by atoms with van der Waals surface area (Å²) in [6.45, 7) is 2.03. The Kier molecular flexibility index (Phi) is 9.46. The summed E-state index contributed by atoms with van der Waals surface area (Å²) in [5.74, 6) is 1.39. The van der Waals surface area contributed by atoms with Gasteiger partial charge < -0.3 is 15.0 Å². The second-order valence-electron chi connectivity index (χ2n) is 9.68. The van der Waals surface area contributed by atoms with Crippen LogP contribution >= 0.6 is 0 Å². The standard InChI is InChI=1S/C28H35N5O5S2/c1-32(17-18-39(3,34)35)16-8-7-15-30-33-21-26-23(19-27(33)38-2)20-29-28(31-26)22-11-13-25(14-12-22)40(36,37)24-9-5-4-6-10-24/h4-6,9-14,19-21,30H,7-8,15-18H2,1-3H3,(H,29,31). The van der Waals surface area contributed by atoms with Crippen LogP contribution in [0.3, 0.4) is 0 Å². The normalized spacial score (nSPS) is 15.4. The molecular formula is C28H35N5O5S2. The molecule has 2 aromatic carbocycles. The van der Waals surface area contributed by atoms with E-state index in [9.17, 15) is 16.8 Å². The maximum Gasteiger partial charge on any atom is 0.208 e. The number of methoxy groups -OCH3 is 1. The van der Waals surface area contributed by atoms with E-state index in [0.29, 0.717) is 24.8 Å². The van der Waals surface area contributed by atoms with Crippen LogP contribution in [0.4, 0.5) is 0 Å². The van der Waals surface area contributed by atoms with Gasteiger partial charge in [0, 0.05) is 49.0 Å². The van der Waals surface area contributed by atoms with Crippen molar-refractivity contribution in [2.45, 2.75) is 22.6 Å². The Balaban J connectivity index is 1.36. The van der Waals surface area contributed by atoms with Gasteiger partial charge in [-0.15, -0.1) is 0 Å². The van der Waals surface area contributed by atoms with Crippen LogP contribution in [0.5, 0.6) is 0 Å². The van der Waals surface area contributed by atoms with Crippen molar-refractivity contribution < 1.29 is 21.6 Å². The molecule has 214 valence electrons. The number of nitrogens with zero attached hydrogens (tertiary/aromatic N) is 3. The number of sulfone groups is 2. The molecule has 0 aromatic heterocycles. The third-order valence-electron chi connectivity index (χ3n) is 6.46. The minimum Gasteiger partial charge on any atom is -0.481 e. The van der Waals surface area contributed by atoms with Crippen LogP contribution in [-0.2, 0) is 24.4 Å². The number of fused-ring (bicyclic) bond motifs is 1. The third-order valence-corrected chi connectivity index (χ3v) is 9.17. The molecule has 0 saturated heterocycles. The number of rotatable bonds is 13. The van der Waals surface area contributed by atoms with Gasteiger partial charge in [-0.25, -0.2) is 27.3 Å². The Hall–Kier alpha value is -3.45. The lowest BCUT2D eigenvalue weighted by Crippen LogP contribution is -2.39. The lowest BCUT2D eigenvalue weighted by molar-refractivity contribution is 0.147. The molecule has 0 atom stereocenters. The van der Waals surface area contributed by atoms with E-state index in [1.165, 1.54) is 6.26 Å². The number of allylic oxidation sites excluding steroid dienone is 1. The lowest BCUT2D eigenvalue weighted by Gasteiger charge is -2.30. The first-order valence-electron chi connectivity index (χ1n) is 12.9. The van der Waals surface area contributed by atoms with Gasteiger partial charge in [-0.05, 0) is 62.8 Å². The van der Waals surface area contributed by atoms with E-state index in [2.05, 4.69) is 15.7 Å². The number of hydrogen-bond donors (Lipinski definition) is 2. The van der Waals surface area contributed by atoms with Crippen molar-refractivity contribution >= 4 is 25.5 Å². The molecule has 0 spiro atoms. The second-order valence-corrected chi connectivity index (χ2v) is 13.9. The van der Waals surface area contributed by atoms with Gasteiger partial charge in [0.1, 0.15) is 15.7 Å². The van der Waals surface area contributed by atoms with E-state index in [4.69, 9.17) is 4.74 Å².